The van der Waals surface area contributed by atoms with Crippen LogP contribution in [0.3, 0.4) is 0 Å². The molecule has 1 aromatic rings. The molecule has 2 rings (SSSR count). The van der Waals surface area contributed by atoms with Crippen LogP contribution in [0.15, 0.2) is 24.4 Å². The highest BCUT2D eigenvalue weighted by Crippen LogP contribution is 2.31. The largest absolute Gasteiger partial charge is 0.433 e. The average Bonchev–Trinajstić information content (AvgIpc) is 2.51. The third kappa shape index (κ3) is 4.97. The first kappa shape index (κ1) is 18.3. The lowest BCUT2D eigenvalue weighted by Gasteiger charge is -2.27. The van der Waals surface area contributed by atoms with E-state index in [4.69, 9.17) is 0 Å². The number of hydrogen-bond acceptors (Lipinski definition) is 2. The second-order valence-electron chi connectivity index (χ2n) is 5.36. The lowest BCUT2D eigenvalue weighted by atomic mass is 9.99. The van der Waals surface area contributed by atoms with Gasteiger partial charge in [-0.3, -0.25) is 9.78 Å². The van der Waals surface area contributed by atoms with Crippen LogP contribution >= 0.6 is 0 Å². The number of carbonyl (C=O) groups excluding carboxylic acids is 1. The molecule has 3 nitrogen and oxygen atoms in total. The lowest BCUT2D eigenvalue weighted by molar-refractivity contribution is -0.148. The van der Waals surface area contributed by atoms with Gasteiger partial charge in [-0.2, -0.15) is 26.3 Å². The molecule has 0 atom stereocenters. The smallest absolute Gasteiger partial charge is 0.339 e. The van der Waals surface area contributed by atoms with E-state index in [9.17, 15) is 31.1 Å². The molecule has 0 unspecified atom stereocenters. The second-order valence-corrected chi connectivity index (χ2v) is 5.36. The van der Waals surface area contributed by atoms with Crippen molar-refractivity contribution in [2.24, 2.45) is 0 Å². The maximum Gasteiger partial charge on any atom is 0.433 e. The zero-order valence-corrected chi connectivity index (χ0v) is 12.4. The first-order valence-corrected chi connectivity index (χ1v) is 7.13. The topological polar surface area (TPSA) is 33.2 Å². The minimum atomic E-state index is -4.55. The normalized spacial score (nSPS) is 16.1. The molecule has 0 bridgehead atoms. The highest BCUT2D eigenvalue weighted by atomic mass is 19.4. The van der Waals surface area contributed by atoms with Crippen LogP contribution in [-0.2, 0) is 11.0 Å². The zero-order valence-electron chi connectivity index (χ0n) is 12.4. The van der Waals surface area contributed by atoms with Crippen molar-refractivity contribution < 1.29 is 31.1 Å². The molecular weight excluding hydrogens is 338 g/mol. The Morgan fingerprint density at radius 3 is 2.46 bits per heavy atom. The van der Waals surface area contributed by atoms with Gasteiger partial charge in [0, 0.05) is 25.7 Å². The summed E-state index contributed by atoms with van der Waals surface area (Å²) >= 11 is 0. The fourth-order valence-corrected chi connectivity index (χ4v) is 2.35. The Morgan fingerprint density at radius 1 is 1.21 bits per heavy atom. The molecule has 0 fully saturated rings. The predicted octanol–water partition coefficient (Wildman–Crippen LogP) is 4.06. The van der Waals surface area contributed by atoms with Gasteiger partial charge in [0.25, 0.3) is 0 Å². The number of pyridine rings is 1. The SMILES string of the molecule is O=C(CCC(F)(F)F)N1CC=C(c2ccnc(C(F)(F)F)c2)CC1. The molecule has 0 aliphatic carbocycles. The molecule has 132 valence electrons. The van der Waals surface area contributed by atoms with Crippen molar-refractivity contribution in [3.63, 3.8) is 0 Å². The van der Waals surface area contributed by atoms with E-state index < -0.39 is 36.8 Å². The van der Waals surface area contributed by atoms with Gasteiger partial charge >= 0.3 is 12.4 Å². The van der Waals surface area contributed by atoms with Crippen molar-refractivity contribution in [2.45, 2.75) is 31.6 Å². The Kier molecular flexibility index (Phi) is 5.19. The summed E-state index contributed by atoms with van der Waals surface area (Å²) in [6.07, 6.45) is -7.86. The van der Waals surface area contributed by atoms with Crippen LogP contribution in [-0.4, -0.2) is 35.1 Å². The van der Waals surface area contributed by atoms with Crippen LogP contribution in [0.5, 0.6) is 0 Å². The van der Waals surface area contributed by atoms with Crippen molar-refractivity contribution in [3.8, 4) is 0 Å². The van der Waals surface area contributed by atoms with Crippen LogP contribution in [0.1, 0.15) is 30.5 Å². The summed E-state index contributed by atoms with van der Waals surface area (Å²) in [6, 6.07) is 2.36. The molecule has 1 aliphatic rings. The third-order valence-electron chi connectivity index (χ3n) is 3.61. The van der Waals surface area contributed by atoms with Crippen LogP contribution in [0.4, 0.5) is 26.3 Å². The molecule has 0 N–H and O–H groups in total. The summed E-state index contributed by atoms with van der Waals surface area (Å²) in [6.45, 7) is 0.252. The van der Waals surface area contributed by atoms with E-state index >= 15 is 0 Å². The number of alkyl halides is 6. The molecule has 2 heterocycles. The van der Waals surface area contributed by atoms with Crippen molar-refractivity contribution in [1.82, 2.24) is 9.88 Å². The van der Waals surface area contributed by atoms with Gasteiger partial charge in [-0.1, -0.05) is 6.08 Å². The first-order chi connectivity index (χ1) is 11.1. The predicted molar refractivity (Wildman–Crippen MR) is 73.7 cm³/mol. The van der Waals surface area contributed by atoms with E-state index in [2.05, 4.69) is 4.98 Å². The second kappa shape index (κ2) is 6.82. The number of carbonyl (C=O) groups is 1. The average molecular weight is 352 g/mol. The quantitative estimate of drug-likeness (QED) is 0.769. The van der Waals surface area contributed by atoms with Crippen LogP contribution < -0.4 is 0 Å². The van der Waals surface area contributed by atoms with Crippen molar-refractivity contribution in [2.75, 3.05) is 13.1 Å². The van der Waals surface area contributed by atoms with Gasteiger partial charge in [-0.25, -0.2) is 0 Å². The molecule has 0 saturated carbocycles. The Hall–Kier alpha value is -2.06. The van der Waals surface area contributed by atoms with E-state index in [1.807, 2.05) is 0 Å². The van der Waals surface area contributed by atoms with Gasteiger partial charge in [0.2, 0.25) is 5.91 Å². The number of aromatic nitrogens is 1. The molecule has 1 aliphatic heterocycles. The van der Waals surface area contributed by atoms with Crippen molar-refractivity contribution >= 4 is 11.5 Å². The summed E-state index contributed by atoms with van der Waals surface area (Å²) in [7, 11) is 0. The fourth-order valence-electron chi connectivity index (χ4n) is 2.35. The summed E-state index contributed by atoms with van der Waals surface area (Å²) in [5.74, 6) is -0.617. The molecule has 1 aromatic heterocycles. The Balaban J connectivity index is 2.02. The number of halogens is 6. The minimum Gasteiger partial charge on any atom is -0.339 e. The number of nitrogens with zero attached hydrogens (tertiary/aromatic N) is 2. The standard InChI is InChI=1S/C15H14F6N2O/c16-14(17,18)5-1-13(24)23-7-3-10(4-8-23)11-2-6-22-12(9-11)15(19,20)21/h2-3,6,9H,1,4-5,7-8H2. The maximum absolute atomic E-state index is 12.7. The van der Waals surface area contributed by atoms with Crippen LogP contribution in [0.25, 0.3) is 5.57 Å². The van der Waals surface area contributed by atoms with Crippen molar-refractivity contribution in [1.29, 1.82) is 0 Å². The molecule has 1 amide bonds. The van der Waals surface area contributed by atoms with Gasteiger partial charge in [0.1, 0.15) is 5.69 Å². The van der Waals surface area contributed by atoms with Crippen molar-refractivity contribution in [3.05, 3.63) is 35.7 Å². The fraction of sp³-hybridized carbons (Fsp3) is 0.467. The molecule has 0 radical (unpaired) electrons. The Morgan fingerprint density at radius 2 is 1.92 bits per heavy atom. The lowest BCUT2D eigenvalue weighted by Crippen LogP contribution is -2.35. The minimum absolute atomic E-state index is 0.0791. The Bertz CT molecular complexity index is 636. The van der Waals surface area contributed by atoms with Gasteiger partial charge in [-0.05, 0) is 29.7 Å². The number of rotatable bonds is 3. The molecule has 9 heteroatoms. The molecule has 24 heavy (non-hydrogen) atoms. The Labute approximate surface area is 134 Å². The first-order valence-electron chi connectivity index (χ1n) is 7.13. The molecule has 0 spiro atoms. The van der Waals surface area contributed by atoms with Crippen LogP contribution in [0.2, 0.25) is 0 Å². The van der Waals surface area contributed by atoms with E-state index in [-0.39, 0.29) is 19.5 Å². The molecule has 0 saturated heterocycles. The highest BCUT2D eigenvalue weighted by Gasteiger charge is 2.33. The van der Waals surface area contributed by atoms with E-state index in [1.165, 1.54) is 11.0 Å². The monoisotopic (exact) mass is 352 g/mol. The van der Waals surface area contributed by atoms with E-state index in [0.717, 1.165) is 12.3 Å². The number of hydrogen-bond donors (Lipinski definition) is 0. The van der Waals surface area contributed by atoms with E-state index in [0.29, 0.717) is 11.1 Å². The summed E-state index contributed by atoms with van der Waals surface area (Å²) in [4.78, 5) is 16.2. The summed E-state index contributed by atoms with van der Waals surface area (Å²) in [5, 5.41) is 0. The van der Waals surface area contributed by atoms with Gasteiger partial charge in [-0.15, -0.1) is 0 Å². The summed E-state index contributed by atoms with van der Waals surface area (Å²) in [5.41, 5.74) is -0.0490. The molecule has 0 aromatic carbocycles. The zero-order chi connectivity index (χ0) is 18.0. The molecular formula is C15H14F6N2O. The van der Waals surface area contributed by atoms with Gasteiger partial charge in [0.15, 0.2) is 0 Å². The van der Waals surface area contributed by atoms with Gasteiger partial charge in [0.05, 0.1) is 6.42 Å². The number of amides is 1. The van der Waals surface area contributed by atoms with Gasteiger partial charge < -0.3 is 4.90 Å². The van der Waals surface area contributed by atoms with E-state index in [1.54, 1.807) is 6.08 Å². The third-order valence-corrected chi connectivity index (χ3v) is 3.61. The van der Waals surface area contributed by atoms with Crippen LogP contribution in [0, 0.1) is 0 Å². The highest BCUT2D eigenvalue weighted by molar-refractivity contribution is 5.78. The summed E-state index contributed by atoms with van der Waals surface area (Å²) < 4.78 is 74.3. The maximum atomic E-state index is 12.7.